The fourth-order valence-electron chi connectivity index (χ4n) is 1.53. The lowest BCUT2D eigenvalue weighted by Gasteiger charge is -2.14. The Morgan fingerprint density at radius 3 is 2.47 bits per heavy atom. The van der Waals surface area contributed by atoms with Crippen LogP contribution in [0.3, 0.4) is 0 Å². The highest BCUT2D eigenvalue weighted by Gasteiger charge is 2.32. The number of carbonyl (C=O) groups excluding carboxylic acids is 1. The second-order valence-corrected chi connectivity index (χ2v) is 4.07. The van der Waals surface area contributed by atoms with Gasteiger partial charge in [0.2, 0.25) is 0 Å². The molecule has 94 valence electrons. The van der Waals surface area contributed by atoms with Crippen molar-refractivity contribution in [3.63, 3.8) is 0 Å². The van der Waals surface area contributed by atoms with Crippen molar-refractivity contribution in [3.05, 3.63) is 28.5 Å². The van der Waals surface area contributed by atoms with Crippen LogP contribution >= 0.6 is 11.6 Å². The van der Waals surface area contributed by atoms with Crippen LogP contribution in [0.5, 0.6) is 0 Å². The normalized spacial score (nSPS) is 13.5. The van der Waals surface area contributed by atoms with Crippen LogP contribution < -0.4 is 0 Å². The molecule has 0 saturated heterocycles. The summed E-state index contributed by atoms with van der Waals surface area (Å²) in [5.41, 5.74) is -0.709. The monoisotopic (exact) mass is 265 g/mol. The first-order valence-electron chi connectivity index (χ1n) is 5.00. The van der Waals surface area contributed by atoms with Crippen molar-refractivity contribution in [3.8, 4) is 0 Å². The van der Waals surface area contributed by atoms with E-state index in [9.17, 15) is 18.0 Å². The van der Waals surface area contributed by atoms with E-state index in [2.05, 4.69) is 4.98 Å². The Bertz CT molecular complexity index is 431. The molecule has 17 heavy (non-hydrogen) atoms. The number of alkyl halides is 3. The summed E-state index contributed by atoms with van der Waals surface area (Å²) in [6, 6.07) is 0.801. The molecule has 0 amide bonds. The Hall–Kier alpha value is -1.10. The van der Waals surface area contributed by atoms with E-state index < -0.39 is 17.7 Å². The van der Waals surface area contributed by atoms with Gasteiger partial charge in [-0.3, -0.25) is 9.78 Å². The van der Waals surface area contributed by atoms with Gasteiger partial charge < -0.3 is 0 Å². The number of nitrogens with zero attached hydrogens (tertiary/aromatic N) is 1. The van der Waals surface area contributed by atoms with E-state index in [0.717, 1.165) is 6.07 Å². The summed E-state index contributed by atoms with van der Waals surface area (Å²) in [5, 5.41) is -0.123. The Balaban J connectivity index is 3.18. The van der Waals surface area contributed by atoms with Crippen LogP contribution in [0.15, 0.2) is 12.3 Å². The third-order valence-electron chi connectivity index (χ3n) is 2.43. The highest BCUT2D eigenvalue weighted by molar-refractivity contribution is 6.31. The van der Waals surface area contributed by atoms with Crippen molar-refractivity contribution in [1.29, 1.82) is 0 Å². The standard InChI is InChI=1S/C11H11ClF3NO/c1-3-8(6(2)17)10-9(12)4-7(5-16-10)11(13,14)15/h4-5,8H,3H2,1-2H3. The number of hydrogen-bond donors (Lipinski definition) is 0. The van der Waals surface area contributed by atoms with E-state index in [0.29, 0.717) is 12.6 Å². The van der Waals surface area contributed by atoms with Gasteiger partial charge in [-0.05, 0) is 19.4 Å². The third kappa shape index (κ3) is 3.19. The molecule has 1 aromatic heterocycles. The molecule has 0 N–H and O–H groups in total. The maximum atomic E-state index is 12.4. The van der Waals surface area contributed by atoms with Gasteiger partial charge in [-0.1, -0.05) is 18.5 Å². The van der Waals surface area contributed by atoms with Crippen molar-refractivity contribution in [2.45, 2.75) is 32.4 Å². The summed E-state index contributed by atoms with van der Waals surface area (Å²) >= 11 is 5.74. The molecule has 0 aromatic carbocycles. The van der Waals surface area contributed by atoms with Gasteiger partial charge in [0.05, 0.1) is 22.2 Å². The number of ketones is 1. The summed E-state index contributed by atoms with van der Waals surface area (Å²) in [6.45, 7) is 3.12. The van der Waals surface area contributed by atoms with Crippen LogP contribution in [0.1, 0.15) is 37.4 Å². The number of carbonyl (C=O) groups is 1. The quantitative estimate of drug-likeness (QED) is 0.831. The van der Waals surface area contributed by atoms with Gasteiger partial charge in [-0.15, -0.1) is 0 Å². The van der Waals surface area contributed by atoms with Gasteiger partial charge in [0, 0.05) is 6.20 Å². The first-order valence-corrected chi connectivity index (χ1v) is 5.38. The lowest BCUT2D eigenvalue weighted by atomic mass is 9.97. The largest absolute Gasteiger partial charge is 0.417 e. The molecule has 0 fully saturated rings. The Labute approximate surface area is 102 Å². The summed E-state index contributed by atoms with van der Waals surface area (Å²) in [5.74, 6) is -0.716. The second kappa shape index (κ2) is 5.04. The third-order valence-corrected chi connectivity index (χ3v) is 2.73. The zero-order chi connectivity index (χ0) is 13.2. The van der Waals surface area contributed by atoms with Gasteiger partial charge in [0.25, 0.3) is 0 Å². The molecular weight excluding hydrogens is 255 g/mol. The molecule has 0 spiro atoms. The summed E-state index contributed by atoms with van der Waals surface area (Å²) in [6.07, 6.45) is -3.33. The Morgan fingerprint density at radius 1 is 1.53 bits per heavy atom. The highest BCUT2D eigenvalue weighted by Crippen LogP contribution is 2.33. The zero-order valence-corrected chi connectivity index (χ0v) is 10.1. The minimum Gasteiger partial charge on any atom is -0.299 e. The molecule has 0 radical (unpaired) electrons. The molecule has 1 atom stereocenters. The Morgan fingerprint density at radius 2 is 2.12 bits per heavy atom. The van der Waals surface area contributed by atoms with Crippen molar-refractivity contribution in [2.24, 2.45) is 0 Å². The number of aromatic nitrogens is 1. The molecule has 0 aliphatic heterocycles. The van der Waals surface area contributed by atoms with E-state index >= 15 is 0 Å². The topological polar surface area (TPSA) is 30.0 Å². The van der Waals surface area contributed by atoms with E-state index in [1.807, 2.05) is 0 Å². The van der Waals surface area contributed by atoms with E-state index in [1.54, 1.807) is 6.92 Å². The van der Waals surface area contributed by atoms with Crippen LogP contribution in [0.25, 0.3) is 0 Å². The SMILES string of the molecule is CCC(C(C)=O)c1ncc(C(F)(F)F)cc1Cl. The molecule has 0 aliphatic rings. The van der Waals surface area contributed by atoms with Crippen molar-refractivity contribution in [2.75, 3.05) is 0 Å². The van der Waals surface area contributed by atoms with Gasteiger partial charge in [-0.25, -0.2) is 0 Å². The maximum absolute atomic E-state index is 12.4. The van der Waals surface area contributed by atoms with E-state index in [4.69, 9.17) is 11.6 Å². The highest BCUT2D eigenvalue weighted by atomic mass is 35.5. The maximum Gasteiger partial charge on any atom is 0.417 e. The summed E-state index contributed by atoms with van der Waals surface area (Å²) < 4.78 is 37.1. The second-order valence-electron chi connectivity index (χ2n) is 3.66. The predicted octanol–water partition coefficient (Wildman–Crippen LogP) is 3.84. The molecule has 2 nitrogen and oxygen atoms in total. The lowest BCUT2D eigenvalue weighted by Crippen LogP contribution is -2.12. The van der Waals surface area contributed by atoms with Crippen LogP contribution in [-0.2, 0) is 11.0 Å². The Kier molecular flexibility index (Phi) is 4.14. The number of Topliss-reactive ketones (excluding diaryl/α,β-unsaturated/α-hetero) is 1. The molecule has 0 bridgehead atoms. The van der Waals surface area contributed by atoms with Crippen molar-refractivity contribution < 1.29 is 18.0 Å². The molecule has 0 aliphatic carbocycles. The predicted molar refractivity (Wildman–Crippen MR) is 58.0 cm³/mol. The van der Waals surface area contributed by atoms with Crippen LogP contribution in [0.2, 0.25) is 5.02 Å². The molecule has 1 rings (SSSR count). The van der Waals surface area contributed by atoms with Gasteiger partial charge >= 0.3 is 6.18 Å². The number of hydrogen-bond acceptors (Lipinski definition) is 2. The summed E-state index contributed by atoms with van der Waals surface area (Å²) in [4.78, 5) is 15.0. The van der Waals surface area contributed by atoms with Gasteiger partial charge in [-0.2, -0.15) is 13.2 Å². The minimum absolute atomic E-state index is 0.123. The zero-order valence-electron chi connectivity index (χ0n) is 9.31. The average Bonchev–Trinajstić information content (AvgIpc) is 2.19. The van der Waals surface area contributed by atoms with Crippen molar-refractivity contribution in [1.82, 2.24) is 4.98 Å². The van der Waals surface area contributed by atoms with Crippen LogP contribution in [0.4, 0.5) is 13.2 Å². The van der Waals surface area contributed by atoms with E-state index in [1.165, 1.54) is 6.92 Å². The molecule has 1 heterocycles. The summed E-state index contributed by atoms with van der Waals surface area (Å²) in [7, 11) is 0. The fourth-order valence-corrected chi connectivity index (χ4v) is 1.83. The van der Waals surface area contributed by atoms with Crippen LogP contribution in [-0.4, -0.2) is 10.8 Å². The van der Waals surface area contributed by atoms with Gasteiger partial charge in [0.1, 0.15) is 5.78 Å². The van der Waals surface area contributed by atoms with Crippen molar-refractivity contribution >= 4 is 17.4 Å². The molecule has 0 saturated carbocycles. The number of rotatable bonds is 3. The molecule has 6 heteroatoms. The average molecular weight is 266 g/mol. The molecule has 1 unspecified atom stereocenters. The first kappa shape index (κ1) is 14.0. The fraction of sp³-hybridized carbons (Fsp3) is 0.455. The lowest BCUT2D eigenvalue weighted by molar-refractivity contribution is -0.137. The molecule has 1 aromatic rings. The number of halogens is 4. The molecular formula is C11H11ClF3NO. The minimum atomic E-state index is -4.48. The van der Waals surface area contributed by atoms with Gasteiger partial charge in [0.15, 0.2) is 0 Å². The first-order chi connectivity index (χ1) is 7.77. The number of pyridine rings is 1. The smallest absolute Gasteiger partial charge is 0.299 e. The van der Waals surface area contributed by atoms with Crippen LogP contribution in [0, 0.1) is 0 Å². The van der Waals surface area contributed by atoms with E-state index in [-0.39, 0.29) is 16.5 Å².